The van der Waals surface area contributed by atoms with Crippen LogP contribution in [0.15, 0.2) is 42.6 Å². The molecule has 1 saturated carbocycles. The Bertz CT molecular complexity index is 1470. The van der Waals surface area contributed by atoms with E-state index in [1.165, 1.54) is 4.90 Å². The van der Waals surface area contributed by atoms with Gasteiger partial charge in [-0.05, 0) is 58.6 Å². The first-order valence-electron chi connectivity index (χ1n) is 15.1. The molecule has 5 rings (SSSR count). The number of halogens is 1. The predicted octanol–water partition coefficient (Wildman–Crippen LogP) is 4.61. The van der Waals surface area contributed by atoms with Crippen LogP contribution in [0.1, 0.15) is 65.7 Å². The van der Waals surface area contributed by atoms with E-state index >= 15 is 0 Å². The minimum Gasteiger partial charge on any atom is -0.486 e. The second-order valence-corrected chi connectivity index (χ2v) is 13.2. The van der Waals surface area contributed by atoms with E-state index in [1.54, 1.807) is 45.2 Å². The topological polar surface area (TPSA) is 147 Å². The van der Waals surface area contributed by atoms with Crippen molar-refractivity contribution in [1.29, 1.82) is 0 Å². The molecule has 44 heavy (non-hydrogen) atoms. The van der Waals surface area contributed by atoms with Gasteiger partial charge in [0.2, 0.25) is 11.8 Å². The third-order valence-corrected chi connectivity index (χ3v) is 8.62. The lowest BCUT2D eigenvalue weighted by Crippen LogP contribution is -2.56. The van der Waals surface area contributed by atoms with E-state index in [0.29, 0.717) is 34.5 Å². The lowest BCUT2D eigenvalue weighted by Gasteiger charge is -2.30. The van der Waals surface area contributed by atoms with Gasteiger partial charge in [-0.2, -0.15) is 0 Å². The molecule has 236 valence electrons. The smallest absolute Gasteiger partial charge is 0.408 e. The second-order valence-electron chi connectivity index (χ2n) is 12.8. The highest BCUT2D eigenvalue weighted by atomic mass is 35.5. The Hall–Kier alpha value is -3.86. The van der Waals surface area contributed by atoms with Crippen LogP contribution in [0.2, 0.25) is 5.02 Å². The molecule has 0 unspecified atom stereocenters. The standard InChI is InChI=1S/C32H39ClN4O7/c1-31(2,3)44-30(42)35-23-12-8-6-4-5-7-10-19-17-32(19,29(40)41)36-27(38)24-16-20(18-37(24)28(23)39)43-25-13-9-11-21-22(33)14-15-34-26(21)25/h7,9-11,13-15,19-20,23-24H,4-6,8,12,16-18H2,1-3H3,(H,35,42)(H,36,38)(H,40,41)/t19-,20-,23+,24+,32-/m1/s1. The number of pyridine rings is 1. The minimum absolute atomic E-state index is 0.0454. The SMILES string of the molecule is CC(C)(C)OC(=O)N[C@H]1CCCCCC=C[C@@H]2C[C@@]2(C(=O)O)NC(=O)[C@@H]2C[C@@H](Oc3cccc4c(Cl)ccnc34)CN2C1=O. The molecule has 5 atom stereocenters. The maximum absolute atomic E-state index is 14.1. The molecule has 2 aromatic rings. The van der Waals surface area contributed by atoms with E-state index in [1.807, 2.05) is 18.2 Å². The summed E-state index contributed by atoms with van der Waals surface area (Å²) in [5, 5.41) is 16.8. The molecule has 0 radical (unpaired) electrons. The number of nitrogens with zero attached hydrogens (tertiary/aromatic N) is 2. The first-order chi connectivity index (χ1) is 20.9. The molecule has 2 aliphatic heterocycles. The van der Waals surface area contributed by atoms with E-state index in [2.05, 4.69) is 15.6 Å². The second kappa shape index (κ2) is 12.6. The molecule has 11 nitrogen and oxygen atoms in total. The Morgan fingerprint density at radius 1 is 1.18 bits per heavy atom. The molecule has 12 heteroatoms. The molecule has 3 amide bonds. The Morgan fingerprint density at radius 2 is 1.98 bits per heavy atom. The van der Waals surface area contributed by atoms with E-state index in [0.717, 1.165) is 19.3 Å². The van der Waals surface area contributed by atoms with Crippen molar-refractivity contribution in [3.8, 4) is 5.75 Å². The van der Waals surface area contributed by atoms with E-state index in [-0.39, 0.29) is 25.3 Å². The van der Waals surface area contributed by atoms with Crippen molar-refractivity contribution in [2.75, 3.05) is 6.54 Å². The van der Waals surface area contributed by atoms with Crippen LogP contribution in [0.4, 0.5) is 4.79 Å². The molecule has 0 spiro atoms. The van der Waals surface area contributed by atoms with Gasteiger partial charge in [-0.25, -0.2) is 9.59 Å². The summed E-state index contributed by atoms with van der Waals surface area (Å²) in [4.78, 5) is 58.9. The number of carbonyl (C=O) groups is 4. The number of rotatable bonds is 4. The van der Waals surface area contributed by atoms with Gasteiger partial charge in [0, 0.05) is 23.9 Å². The van der Waals surface area contributed by atoms with Gasteiger partial charge < -0.3 is 30.1 Å². The maximum Gasteiger partial charge on any atom is 0.408 e. The van der Waals surface area contributed by atoms with E-state index < -0.39 is 53.2 Å². The zero-order valence-electron chi connectivity index (χ0n) is 25.2. The van der Waals surface area contributed by atoms with Crippen molar-refractivity contribution in [3.63, 3.8) is 0 Å². The molecule has 0 bridgehead atoms. The van der Waals surface area contributed by atoms with E-state index in [9.17, 15) is 24.3 Å². The zero-order chi connectivity index (χ0) is 31.6. The number of aliphatic carboxylic acids is 1. The number of hydrogen-bond donors (Lipinski definition) is 3. The highest BCUT2D eigenvalue weighted by Crippen LogP contribution is 2.45. The number of carboxylic acids is 1. The summed E-state index contributed by atoms with van der Waals surface area (Å²) in [6.45, 7) is 5.25. The van der Waals surface area contributed by atoms with Crippen LogP contribution in [0.3, 0.4) is 0 Å². The monoisotopic (exact) mass is 626 g/mol. The van der Waals surface area contributed by atoms with Crippen LogP contribution in [-0.2, 0) is 19.1 Å². The van der Waals surface area contributed by atoms with Gasteiger partial charge in [0.05, 0.1) is 11.6 Å². The molecule has 3 N–H and O–H groups in total. The fraction of sp³-hybridized carbons (Fsp3) is 0.531. The highest BCUT2D eigenvalue weighted by Gasteiger charge is 2.61. The summed E-state index contributed by atoms with van der Waals surface area (Å²) >= 11 is 6.37. The largest absolute Gasteiger partial charge is 0.486 e. The van der Waals surface area contributed by atoms with Crippen LogP contribution in [0, 0.1) is 5.92 Å². The molecular weight excluding hydrogens is 588 g/mol. The summed E-state index contributed by atoms with van der Waals surface area (Å²) in [6.07, 6.45) is 7.86. The number of fused-ring (bicyclic) bond motifs is 3. The molecule has 1 aliphatic carbocycles. The Balaban J connectivity index is 1.45. The number of amides is 3. The van der Waals surface area contributed by atoms with Crippen LogP contribution in [0.5, 0.6) is 5.75 Å². The van der Waals surface area contributed by atoms with Gasteiger partial charge in [0.25, 0.3) is 0 Å². The highest BCUT2D eigenvalue weighted by molar-refractivity contribution is 6.35. The molecule has 3 heterocycles. The number of hydrogen-bond acceptors (Lipinski definition) is 7. The van der Waals surface area contributed by atoms with Gasteiger partial charge in [-0.3, -0.25) is 14.6 Å². The normalized spacial score (nSPS) is 27.8. The number of carboxylic acid groups (broad SMARTS) is 1. The van der Waals surface area contributed by atoms with Crippen molar-refractivity contribution in [2.45, 2.75) is 95.0 Å². The molecule has 1 aromatic heterocycles. The summed E-state index contributed by atoms with van der Waals surface area (Å²) in [5.41, 5.74) is -1.65. The lowest BCUT2D eigenvalue weighted by molar-refractivity contribution is -0.145. The quantitative estimate of drug-likeness (QED) is 0.417. The zero-order valence-corrected chi connectivity index (χ0v) is 25.9. The van der Waals surface area contributed by atoms with Gasteiger partial charge >= 0.3 is 12.1 Å². The first kappa shape index (κ1) is 31.6. The number of carbonyl (C=O) groups excluding carboxylic acids is 3. The number of ether oxygens (including phenoxy) is 2. The van der Waals surface area contributed by atoms with Crippen LogP contribution in [0.25, 0.3) is 10.9 Å². The Kier molecular flexibility index (Phi) is 9.06. The van der Waals surface area contributed by atoms with Crippen molar-refractivity contribution >= 4 is 46.4 Å². The van der Waals surface area contributed by atoms with Crippen LogP contribution < -0.4 is 15.4 Å². The summed E-state index contributed by atoms with van der Waals surface area (Å²) in [5.74, 6) is -2.03. The van der Waals surface area contributed by atoms with Gasteiger partial charge in [-0.15, -0.1) is 0 Å². The fourth-order valence-electron chi connectivity index (χ4n) is 5.99. The van der Waals surface area contributed by atoms with E-state index in [4.69, 9.17) is 21.1 Å². The minimum atomic E-state index is -1.42. The number of aromatic nitrogens is 1. The molecular formula is C32H39ClN4O7. The molecule has 1 saturated heterocycles. The van der Waals surface area contributed by atoms with Crippen LogP contribution >= 0.6 is 11.6 Å². The van der Waals surface area contributed by atoms with Crippen molar-refractivity contribution in [3.05, 3.63) is 47.6 Å². The maximum atomic E-state index is 14.1. The van der Waals surface area contributed by atoms with Crippen molar-refractivity contribution < 1.29 is 33.8 Å². The van der Waals surface area contributed by atoms with Gasteiger partial charge in [0.1, 0.15) is 40.6 Å². The molecule has 2 fully saturated rings. The van der Waals surface area contributed by atoms with Crippen LogP contribution in [-0.4, -0.2) is 74.7 Å². The predicted molar refractivity (Wildman–Crippen MR) is 163 cm³/mol. The fourth-order valence-corrected chi connectivity index (χ4v) is 6.20. The van der Waals surface area contributed by atoms with Crippen molar-refractivity contribution in [1.82, 2.24) is 20.5 Å². The average molecular weight is 627 g/mol. The van der Waals surface area contributed by atoms with Gasteiger partial charge in [0.15, 0.2) is 0 Å². The summed E-state index contributed by atoms with van der Waals surface area (Å²) < 4.78 is 11.8. The lowest BCUT2D eigenvalue weighted by atomic mass is 10.0. The Labute approximate surface area is 261 Å². The number of alkyl carbamates (subject to hydrolysis) is 1. The molecule has 3 aliphatic rings. The third kappa shape index (κ3) is 6.93. The number of allylic oxidation sites excluding steroid dienone is 1. The summed E-state index contributed by atoms with van der Waals surface area (Å²) in [6, 6.07) is 5.08. The Morgan fingerprint density at radius 3 is 2.73 bits per heavy atom. The molecule has 1 aromatic carbocycles. The number of benzene rings is 1. The third-order valence-electron chi connectivity index (χ3n) is 8.29. The first-order valence-corrected chi connectivity index (χ1v) is 15.5. The number of nitrogens with one attached hydrogen (secondary N) is 2. The number of para-hydroxylation sites is 1. The summed E-state index contributed by atoms with van der Waals surface area (Å²) in [7, 11) is 0. The average Bonchev–Trinajstić information content (AvgIpc) is 3.48. The van der Waals surface area contributed by atoms with Gasteiger partial charge in [-0.1, -0.05) is 48.7 Å². The van der Waals surface area contributed by atoms with Crippen molar-refractivity contribution in [2.24, 2.45) is 5.92 Å².